The topological polar surface area (TPSA) is 75.1 Å². The summed E-state index contributed by atoms with van der Waals surface area (Å²) >= 11 is 13.8. The molecule has 5 nitrogen and oxygen atoms in total. The SMILES string of the molecule is CC[C@H]1C[C@@H](Nc2ncncc2C(=O)c2cc(C(C)(O)c3cccc(Cl)c3)c(Cl)s2)C[C@@H]1C. The molecule has 0 amide bonds. The van der Waals surface area contributed by atoms with E-state index in [1.807, 2.05) is 0 Å². The second kappa shape index (κ2) is 9.71. The molecule has 1 fully saturated rings. The zero-order valence-corrected chi connectivity index (χ0v) is 21.1. The molecule has 1 saturated carbocycles. The van der Waals surface area contributed by atoms with Gasteiger partial charge < -0.3 is 10.4 Å². The van der Waals surface area contributed by atoms with Crippen molar-refractivity contribution in [2.75, 3.05) is 5.32 Å². The van der Waals surface area contributed by atoms with Crippen LogP contribution in [0.3, 0.4) is 0 Å². The summed E-state index contributed by atoms with van der Waals surface area (Å²) in [5.41, 5.74) is 0.0545. The van der Waals surface area contributed by atoms with Crippen LogP contribution in [-0.2, 0) is 5.60 Å². The van der Waals surface area contributed by atoms with Gasteiger partial charge in [-0.2, -0.15) is 0 Å². The van der Waals surface area contributed by atoms with Crippen LogP contribution < -0.4 is 5.32 Å². The van der Waals surface area contributed by atoms with E-state index in [-0.39, 0.29) is 11.8 Å². The lowest BCUT2D eigenvalue weighted by atomic mass is 9.89. The molecular formula is C25H27Cl2N3O2S. The number of nitrogens with one attached hydrogen (secondary N) is 1. The Hall–Kier alpha value is -1.99. The quantitative estimate of drug-likeness (QED) is 0.356. The Labute approximate surface area is 208 Å². The van der Waals surface area contributed by atoms with Crippen LogP contribution in [0.5, 0.6) is 0 Å². The van der Waals surface area contributed by atoms with E-state index in [1.165, 1.54) is 12.5 Å². The number of carbonyl (C=O) groups is 1. The molecule has 2 N–H and O–H groups in total. The molecule has 174 valence electrons. The van der Waals surface area contributed by atoms with Crippen LogP contribution in [0.25, 0.3) is 0 Å². The Balaban J connectivity index is 1.61. The molecule has 3 aromatic rings. The number of aliphatic hydroxyl groups is 1. The van der Waals surface area contributed by atoms with E-state index in [0.717, 1.165) is 30.6 Å². The molecule has 4 rings (SSSR count). The lowest BCUT2D eigenvalue weighted by Crippen LogP contribution is -2.22. The predicted molar refractivity (Wildman–Crippen MR) is 135 cm³/mol. The average Bonchev–Trinajstić information content (AvgIpc) is 3.36. The monoisotopic (exact) mass is 503 g/mol. The first-order valence-corrected chi connectivity index (χ1v) is 12.7. The molecule has 1 unspecified atom stereocenters. The van der Waals surface area contributed by atoms with E-state index in [0.29, 0.717) is 48.6 Å². The van der Waals surface area contributed by atoms with Crippen molar-refractivity contribution in [2.24, 2.45) is 11.8 Å². The Morgan fingerprint density at radius 3 is 2.79 bits per heavy atom. The van der Waals surface area contributed by atoms with Gasteiger partial charge in [0.05, 0.1) is 14.8 Å². The van der Waals surface area contributed by atoms with Gasteiger partial charge in [0.1, 0.15) is 17.7 Å². The highest BCUT2D eigenvalue weighted by molar-refractivity contribution is 7.18. The number of rotatable bonds is 7. The number of halogens is 2. The van der Waals surface area contributed by atoms with Crippen LogP contribution in [0, 0.1) is 11.8 Å². The van der Waals surface area contributed by atoms with E-state index in [2.05, 4.69) is 29.1 Å². The van der Waals surface area contributed by atoms with E-state index in [9.17, 15) is 9.90 Å². The highest BCUT2D eigenvalue weighted by Gasteiger charge is 2.33. The molecule has 8 heteroatoms. The fourth-order valence-electron chi connectivity index (χ4n) is 4.72. The Bertz CT molecular complexity index is 1160. The molecule has 1 aromatic carbocycles. The van der Waals surface area contributed by atoms with Crippen LogP contribution >= 0.6 is 34.5 Å². The number of ketones is 1. The number of nitrogens with zero attached hydrogens (tertiary/aromatic N) is 2. The largest absolute Gasteiger partial charge is 0.381 e. The summed E-state index contributed by atoms with van der Waals surface area (Å²) in [5.74, 6) is 1.63. The first-order valence-electron chi connectivity index (χ1n) is 11.1. The van der Waals surface area contributed by atoms with Crippen molar-refractivity contribution in [1.29, 1.82) is 0 Å². The Morgan fingerprint density at radius 2 is 2.09 bits per heavy atom. The third-order valence-electron chi connectivity index (χ3n) is 6.69. The van der Waals surface area contributed by atoms with E-state index in [1.54, 1.807) is 37.3 Å². The fraction of sp³-hybridized carbons (Fsp3) is 0.400. The van der Waals surface area contributed by atoms with E-state index < -0.39 is 5.60 Å². The lowest BCUT2D eigenvalue weighted by Gasteiger charge is -2.23. The van der Waals surface area contributed by atoms with Crippen molar-refractivity contribution in [3.8, 4) is 0 Å². The number of anilines is 1. The van der Waals surface area contributed by atoms with Crippen LogP contribution in [-0.4, -0.2) is 26.9 Å². The molecule has 0 spiro atoms. The smallest absolute Gasteiger partial charge is 0.208 e. The number of hydrogen-bond donors (Lipinski definition) is 2. The lowest BCUT2D eigenvalue weighted by molar-refractivity contribution is 0.102. The number of hydrogen-bond acceptors (Lipinski definition) is 6. The minimum absolute atomic E-state index is 0.226. The molecule has 0 aliphatic heterocycles. The minimum Gasteiger partial charge on any atom is -0.381 e. The molecule has 4 atom stereocenters. The van der Waals surface area contributed by atoms with Crippen molar-refractivity contribution < 1.29 is 9.90 Å². The molecule has 2 heterocycles. The maximum absolute atomic E-state index is 13.4. The number of aromatic nitrogens is 2. The van der Waals surface area contributed by atoms with Crippen molar-refractivity contribution in [3.63, 3.8) is 0 Å². The summed E-state index contributed by atoms with van der Waals surface area (Å²) in [6.45, 7) is 6.15. The second-order valence-corrected chi connectivity index (χ2v) is 11.0. The molecule has 33 heavy (non-hydrogen) atoms. The van der Waals surface area contributed by atoms with Gasteiger partial charge in [0.25, 0.3) is 0 Å². The molecular weight excluding hydrogens is 477 g/mol. The minimum atomic E-state index is -1.40. The maximum atomic E-state index is 13.4. The normalized spacial score (nSPS) is 22.2. The van der Waals surface area contributed by atoms with Gasteiger partial charge in [-0.1, -0.05) is 55.6 Å². The predicted octanol–water partition coefficient (Wildman–Crippen LogP) is 6.57. The zero-order chi connectivity index (χ0) is 23.8. The molecule has 2 aromatic heterocycles. The van der Waals surface area contributed by atoms with Crippen molar-refractivity contribution in [3.05, 3.63) is 73.8 Å². The van der Waals surface area contributed by atoms with E-state index >= 15 is 0 Å². The first kappa shape index (κ1) is 24.1. The summed E-state index contributed by atoms with van der Waals surface area (Å²) in [6, 6.07) is 8.90. The summed E-state index contributed by atoms with van der Waals surface area (Å²) in [4.78, 5) is 22.3. The zero-order valence-electron chi connectivity index (χ0n) is 18.8. The average molecular weight is 504 g/mol. The molecule has 0 bridgehead atoms. The van der Waals surface area contributed by atoms with Crippen LogP contribution in [0.4, 0.5) is 5.82 Å². The summed E-state index contributed by atoms with van der Waals surface area (Å²) in [6.07, 6.45) is 6.25. The van der Waals surface area contributed by atoms with E-state index in [4.69, 9.17) is 23.2 Å². The van der Waals surface area contributed by atoms with Gasteiger partial charge >= 0.3 is 0 Å². The van der Waals surface area contributed by atoms with Gasteiger partial charge in [-0.25, -0.2) is 9.97 Å². The summed E-state index contributed by atoms with van der Waals surface area (Å²) in [7, 11) is 0. The second-order valence-electron chi connectivity index (χ2n) is 8.95. The Morgan fingerprint density at radius 1 is 1.30 bits per heavy atom. The van der Waals surface area contributed by atoms with Crippen LogP contribution in [0.2, 0.25) is 9.36 Å². The van der Waals surface area contributed by atoms with Gasteiger partial charge in [-0.05, 0) is 55.4 Å². The molecule has 0 radical (unpaired) electrons. The third-order valence-corrected chi connectivity index (χ3v) is 8.28. The number of benzene rings is 1. The van der Waals surface area contributed by atoms with Crippen molar-refractivity contribution >= 4 is 46.1 Å². The number of carbonyl (C=O) groups excluding carboxylic acids is 1. The summed E-state index contributed by atoms with van der Waals surface area (Å²) in [5, 5.41) is 15.2. The van der Waals surface area contributed by atoms with Crippen LogP contribution in [0.15, 0.2) is 42.9 Å². The molecule has 1 aliphatic carbocycles. The van der Waals surface area contributed by atoms with Gasteiger partial charge in [-0.3, -0.25) is 4.79 Å². The molecule has 1 aliphatic rings. The Kier molecular flexibility index (Phi) is 7.10. The number of thiophene rings is 1. The van der Waals surface area contributed by atoms with Crippen molar-refractivity contribution in [1.82, 2.24) is 9.97 Å². The third kappa shape index (κ3) is 4.94. The van der Waals surface area contributed by atoms with Crippen LogP contribution in [0.1, 0.15) is 66.4 Å². The molecule has 0 saturated heterocycles. The first-order chi connectivity index (χ1) is 15.7. The fourth-order valence-corrected chi connectivity index (χ4v) is 6.34. The van der Waals surface area contributed by atoms with Gasteiger partial charge in [0.15, 0.2) is 0 Å². The van der Waals surface area contributed by atoms with Gasteiger partial charge in [0, 0.05) is 22.8 Å². The van der Waals surface area contributed by atoms with Crippen molar-refractivity contribution in [2.45, 2.75) is 51.7 Å². The van der Waals surface area contributed by atoms with Gasteiger partial charge in [0.2, 0.25) is 5.78 Å². The maximum Gasteiger partial charge on any atom is 0.208 e. The van der Waals surface area contributed by atoms with Gasteiger partial charge in [-0.15, -0.1) is 11.3 Å². The summed E-state index contributed by atoms with van der Waals surface area (Å²) < 4.78 is 0.352. The standard InChI is InChI=1S/C25H27Cl2N3O2S/c1-4-15-9-18(8-14(15)2)30-24-19(12-28-13-29-24)22(31)21-11-20(23(27)33-21)25(3,32)16-6-5-7-17(26)10-16/h5-7,10-15,18,32H,4,8-9H2,1-3H3,(H,28,29,30)/t14-,15-,18-,25?/m0/s1. The highest BCUT2D eigenvalue weighted by atomic mass is 35.5. The highest BCUT2D eigenvalue weighted by Crippen LogP contribution is 2.41.